The van der Waals surface area contributed by atoms with Gasteiger partial charge < -0.3 is 15.1 Å². The highest BCUT2D eigenvalue weighted by Gasteiger charge is 2.02. The van der Waals surface area contributed by atoms with Crippen LogP contribution in [0.25, 0.3) is 0 Å². The Labute approximate surface area is 133 Å². The molecule has 5 heteroatoms. The molecule has 0 saturated carbocycles. The molecule has 0 fully saturated rings. The first-order valence-corrected chi connectivity index (χ1v) is 7.64. The van der Waals surface area contributed by atoms with E-state index in [4.69, 9.17) is 0 Å². The Kier molecular flexibility index (Phi) is 5.58. The van der Waals surface area contributed by atoms with Gasteiger partial charge in [-0.05, 0) is 37.1 Å². The van der Waals surface area contributed by atoms with Crippen LogP contribution in [0.1, 0.15) is 12.5 Å². The van der Waals surface area contributed by atoms with Crippen molar-refractivity contribution in [3.8, 4) is 0 Å². The van der Waals surface area contributed by atoms with Crippen molar-refractivity contribution in [1.29, 1.82) is 0 Å². The molecule has 1 aromatic carbocycles. The van der Waals surface area contributed by atoms with Crippen molar-refractivity contribution in [3.05, 3.63) is 42.1 Å². The lowest BCUT2D eigenvalue weighted by Crippen LogP contribution is -2.18. The molecule has 2 aromatic rings. The molecule has 0 aliphatic heterocycles. The van der Waals surface area contributed by atoms with E-state index in [-0.39, 0.29) is 0 Å². The van der Waals surface area contributed by atoms with E-state index in [0.29, 0.717) is 5.95 Å². The third-order valence-electron chi connectivity index (χ3n) is 3.66. The number of benzene rings is 1. The molecule has 0 bridgehead atoms. The maximum absolute atomic E-state index is 4.51. The zero-order chi connectivity index (χ0) is 15.9. The predicted octanol–water partition coefficient (Wildman–Crippen LogP) is 2.65. The summed E-state index contributed by atoms with van der Waals surface area (Å²) in [5.74, 6) is 1.62. The molecule has 1 aromatic heterocycles. The molecule has 0 aliphatic carbocycles. The van der Waals surface area contributed by atoms with Gasteiger partial charge in [0, 0.05) is 46.1 Å². The molecular weight excluding hydrogens is 274 g/mol. The molecule has 0 unspecified atom stereocenters. The number of hydrogen-bond donors (Lipinski definition) is 1. The van der Waals surface area contributed by atoms with Gasteiger partial charge in [-0.25, -0.2) is 4.98 Å². The van der Waals surface area contributed by atoms with Crippen LogP contribution in [-0.2, 0) is 6.42 Å². The van der Waals surface area contributed by atoms with E-state index in [1.165, 1.54) is 11.3 Å². The van der Waals surface area contributed by atoms with Gasteiger partial charge in [0.05, 0.1) is 0 Å². The van der Waals surface area contributed by atoms with Crippen molar-refractivity contribution in [3.63, 3.8) is 0 Å². The van der Waals surface area contributed by atoms with E-state index in [1.54, 1.807) is 6.20 Å². The Morgan fingerprint density at radius 3 is 2.41 bits per heavy atom. The quantitative estimate of drug-likeness (QED) is 0.851. The van der Waals surface area contributed by atoms with Crippen LogP contribution in [0, 0.1) is 0 Å². The van der Waals surface area contributed by atoms with Gasteiger partial charge in [0.25, 0.3) is 0 Å². The maximum Gasteiger partial charge on any atom is 0.224 e. The van der Waals surface area contributed by atoms with Crippen LogP contribution in [0.5, 0.6) is 0 Å². The van der Waals surface area contributed by atoms with Crippen molar-refractivity contribution < 1.29 is 0 Å². The van der Waals surface area contributed by atoms with E-state index >= 15 is 0 Å². The normalized spacial score (nSPS) is 10.4. The van der Waals surface area contributed by atoms with Gasteiger partial charge in [0.2, 0.25) is 5.95 Å². The van der Waals surface area contributed by atoms with Crippen molar-refractivity contribution in [2.75, 3.05) is 49.3 Å². The Morgan fingerprint density at radius 2 is 1.77 bits per heavy atom. The standard InChI is InChI=1S/C17H25N5/c1-5-22(4)16-11-13-19-17(20-16)18-12-10-14-6-8-15(9-7-14)21(2)3/h6-9,11,13H,5,10,12H2,1-4H3,(H,18,19,20). The van der Waals surface area contributed by atoms with E-state index in [9.17, 15) is 0 Å². The topological polar surface area (TPSA) is 44.3 Å². The summed E-state index contributed by atoms with van der Waals surface area (Å²) < 4.78 is 0. The van der Waals surface area contributed by atoms with E-state index in [2.05, 4.69) is 56.3 Å². The highest BCUT2D eigenvalue weighted by atomic mass is 15.2. The second-order valence-corrected chi connectivity index (χ2v) is 5.49. The number of anilines is 3. The molecule has 0 aliphatic rings. The van der Waals surface area contributed by atoms with Crippen LogP contribution in [0.15, 0.2) is 36.5 Å². The van der Waals surface area contributed by atoms with Gasteiger partial charge in [-0.2, -0.15) is 4.98 Å². The Bertz CT molecular complexity index is 580. The monoisotopic (exact) mass is 299 g/mol. The molecule has 2 rings (SSSR count). The lowest BCUT2D eigenvalue weighted by atomic mass is 10.1. The minimum atomic E-state index is 0.683. The summed E-state index contributed by atoms with van der Waals surface area (Å²) in [4.78, 5) is 13.0. The molecule has 1 N–H and O–H groups in total. The van der Waals surface area contributed by atoms with Gasteiger partial charge >= 0.3 is 0 Å². The Hall–Kier alpha value is -2.30. The number of nitrogens with one attached hydrogen (secondary N) is 1. The minimum Gasteiger partial charge on any atom is -0.378 e. The lowest BCUT2D eigenvalue weighted by molar-refractivity contribution is 0.919. The van der Waals surface area contributed by atoms with Crippen LogP contribution in [-0.4, -0.2) is 44.2 Å². The fourth-order valence-corrected chi connectivity index (χ4v) is 2.09. The minimum absolute atomic E-state index is 0.683. The molecule has 1 heterocycles. The fourth-order valence-electron chi connectivity index (χ4n) is 2.09. The van der Waals surface area contributed by atoms with E-state index < -0.39 is 0 Å². The molecule has 0 amide bonds. The van der Waals surface area contributed by atoms with Crippen LogP contribution in [0.2, 0.25) is 0 Å². The number of aromatic nitrogens is 2. The van der Waals surface area contributed by atoms with Crippen molar-refractivity contribution in [2.45, 2.75) is 13.3 Å². The van der Waals surface area contributed by atoms with Crippen molar-refractivity contribution >= 4 is 17.5 Å². The van der Waals surface area contributed by atoms with Crippen LogP contribution >= 0.6 is 0 Å². The number of hydrogen-bond acceptors (Lipinski definition) is 5. The highest BCUT2D eigenvalue weighted by Crippen LogP contribution is 2.13. The molecule has 0 saturated heterocycles. The SMILES string of the molecule is CCN(C)c1ccnc(NCCc2ccc(N(C)C)cc2)n1. The maximum atomic E-state index is 4.51. The summed E-state index contributed by atoms with van der Waals surface area (Å²) in [6, 6.07) is 10.5. The molecule has 22 heavy (non-hydrogen) atoms. The zero-order valence-corrected chi connectivity index (χ0v) is 13.9. The smallest absolute Gasteiger partial charge is 0.224 e. The molecular formula is C17H25N5. The predicted molar refractivity (Wildman–Crippen MR) is 93.9 cm³/mol. The highest BCUT2D eigenvalue weighted by molar-refractivity contribution is 5.46. The van der Waals surface area contributed by atoms with E-state index in [1.807, 2.05) is 27.2 Å². The molecule has 0 radical (unpaired) electrons. The first-order chi connectivity index (χ1) is 10.6. The first-order valence-electron chi connectivity index (χ1n) is 7.64. The van der Waals surface area contributed by atoms with Crippen LogP contribution in [0.4, 0.5) is 17.5 Å². The largest absolute Gasteiger partial charge is 0.378 e. The van der Waals surface area contributed by atoms with Gasteiger partial charge in [0.1, 0.15) is 5.82 Å². The third-order valence-corrected chi connectivity index (χ3v) is 3.66. The van der Waals surface area contributed by atoms with Gasteiger partial charge in [-0.1, -0.05) is 12.1 Å². The number of nitrogens with zero attached hydrogens (tertiary/aromatic N) is 4. The van der Waals surface area contributed by atoms with Crippen molar-refractivity contribution in [2.24, 2.45) is 0 Å². The van der Waals surface area contributed by atoms with Gasteiger partial charge in [-0.3, -0.25) is 0 Å². The Balaban J connectivity index is 1.88. The molecule has 0 spiro atoms. The third kappa shape index (κ3) is 4.35. The second-order valence-electron chi connectivity index (χ2n) is 5.49. The van der Waals surface area contributed by atoms with Gasteiger partial charge in [-0.15, -0.1) is 0 Å². The molecule has 5 nitrogen and oxygen atoms in total. The molecule has 118 valence electrons. The first kappa shape index (κ1) is 16.1. The van der Waals surface area contributed by atoms with Gasteiger partial charge in [0.15, 0.2) is 0 Å². The summed E-state index contributed by atoms with van der Waals surface area (Å²) in [7, 11) is 6.13. The van der Waals surface area contributed by atoms with E-state index in [0.717, 1.165) is 25.3 Å². The second kappa shape index (κ2) is 7.64. The zero-order valence-electron chi connectivity index (χ0n) is 13.9. The summed E-state index contributed by atoms with van der Waals surface area (Å²) in [6.45, 7) is 3.85. The lowest BCUT2D eigenvalue weighted by Gasteiger charge is -2.16. The summed E-state index contributed by atoms with van der Waals surface area (Å²) in [6.07, 6.45) is 2.74. The average Bonchev–Trinajstić information content (AvgIpc) is 2.55. The Morgan fingerprint density at radius 1 is 1.05 bits per heavy atom. The van der Waals surface area contributed by atoms with Crippen LogP contribution in [0.3, 0.4) is 0 Å². The molecule has 0 atom stereocenters. The van der Waals surface area contributed by atoms with Crippen molar-refractivity contribution in [1.82, 2.24) is 9.97 Å². The summed E-state index contributed by atoms with van der Waals surface area (Å²) in [5, 5.41) is 3.29. The fraction of sp³-hybridized carbons (Fsp3) is 0.412. The average molecular weight is 299 g/mol. The van der Waals surface area contributed by atoms with Crippen LogP contribution < -0.4 is 15.1 Å². The summed E-state index contributed by atoms with van der Waals surface area (Å²) in [5.41, 5.74) is 2.52. The summed E-state index contributed by atoms with van der Waals surface area (Å²) >= 11 is 0. The number of rotatable bonds is 7.